The van der Waals surface area contributed by atoms with Crippen LogP contribution >= 0.6 is 11.6 Å². The van der Waals surface area contributed by atoms with Crippen LogP contribution in [-0.4, -0.2) is 40.0 Å². The number of halogens is 1. The standard InChI is InChI=1S/C23H25ClN4O5S/c1-27-18(10-16(25-27)12-4-5-12)33-11-15-17(34(3,31)32)9-8-14(20(15)24)22(29)19-21(13-6-7-13)26-28(2)23(19)30/h8-10,12-13,26H,4-7,11H2,1-3H3. The van der Waals surface area contributed by atoms with E-state index in [0.717, 1.165) is 37.6 Å². The minimum atomic E-state index is -3.66. The highest BCUT2D eigenvalue weighted by molar-refractivity contribution is 7.90. The zero-order valence-electron chi connectivity index (χ0n) is 19.1. The number of benzene rings is 1. The lowest BCUT2D eigenvalue weighted by atomic mass is 10.00. The molecule has 2 saturated carbocycles. The molecule has 0 spiro atoms. The summed E-state index contributed by atoms with van der Waals surface area (Å²) in [6.07, 6.45) is 5.05. The summed E-state index contributed by atoms with van der Waals surface area (Å²) in [6, 6.07) is 4.55. The molecule has 3 aromatic rings. The Morgan fingerprint density at radius 3 is 2.50 bits per heavy atom. The largest absolute Gasteiger partial charge is 0.473 e. The fraction of sp³-hybridized carbons (Fsp3) is 0.435. The Labute approximate surface area is 201 Å². The molecule has 0 saturated heterocycles. The maximum atomic E-state index is 13.5. The first kappa shape index (κ1) is 22.9. The Morgan fingerprint density at radius 2 is 1.88 bits per heavy atom. The van der Waals surface area contributed by atoms with Gasteiger partial charge in [0.25, 0.3) is 5.56 Å². The zero-order chi connectivity index (χ0) is 24.4. The number of aryl methyl sites for hydroxylation is 2. The average molecular weight is 505 g/mol. The number of sulfone groups is 1. The number of ether oxygens (including phenoxy) is 1. The molecule has 0 bridgehead atoms. The number of carbonyl (C=O) groups is 1. The van der Waals surface area contributed by atoms with E-state index in [0.29, 0.717) is 17.5 Å². The van der Waals surface area contributed by atoms with E-state index >= 15 is 0 Å². The van der Waals surface area contributed by atoms with Gasteiger partial charge in [-0.3, -0.25) is 19.4 Å². The van der Waals surface area contributed by atoms with Crippen LogP contribution in [0.1, 0.15) is 70.4 Å². The molecule has 2 aliphatic carbocycles. The Bertz CT molecular complexity index is 1480. The van der Waals surface area contributed by atoms with E-state index in [4.69, 9.17) is 16.3 Å². The number of aromatic nitrogens is 4. The number of ketones is 1. The molecule has 2 aliphatic rings. The van der Waals surface area contributed by atoms with Crippen molar-refractivity contribution >= 4 is 27.2 Å². The summed E-state index contributed by atoms with van der Waals surface area (Å²) in [5.74, 6) is 0.510. The van der Waals surface area contributed by atoms with E-state index in [2.05, 4.69) is 10.2 Å². The van der Waals surface area contributed by atoms with Crippen LogP contribution in [0.5, 0.6) is 5.88 Å². The average Bonchev–Trinajstić information content (AvgIpc) is 3.69. The second kappa shape index (κ2) is 8.13. The fourth-order valence-corrected chi connectivity index (χ4v) is 5.47. The lowest BCUT2D eigenvalue weighted by molar-refractivity contribution is 0.103. The van der Waals surface area contributed by atoms with Crippen molar-refractivity contribution in [1.82, 2.24) is 19.6 Å². The monoisotopic (exact) mass is 504 g/mol. The highest BCUT2D eigenvalue weighted by Crippen LogP contribution is 2.42. The first-order valence-electron chi connectivity index (χ1n) is 11.1. The normalized spacial score (nSPS) is 16.1. The van der Waals surface area contributed by atoms with Crippen LogP contribution in [-0.2, 0) is 30.5 Å². The molecular weight excluding hydrogens is 480 g/mol. The van der Waals surface area contributed by atoms with Crippen molar-refractivity contribution in [2.45, 2.75) is 49.0 Å². The third kappa shape index (κ3) is 4.09. The summed E-state index contributed by atoms with van der Waals surface area (Å²) >= 11 is 6.64. The van der Waals surface area contributed by atoms with Gasteiger partial charge in [-0.1, -0.05) is 11.6 Å². The second-order valence-corrected chi connectivity index (χ2v) is 11.5. The Kier molecular flexibility index (Phi) is 5.48. The van der Waals surface area contributed by atoms with Crippen LogP contribution < -0.4 is 10.3 Å². The van der Waals surface area contributed by atoms with Gasteiger partial charge in [-0.2, -0.15) is 5.10 Å². The predicted octanol–water partition coefficient (Wildman–Crippen LogP) is 3.07. The number of hydrogen-bond acceptors (Lipinski definition) is 6. The number of H-pyrrole nitrogens is 1. The molecule has 1 aromatic carbocycles. The SMILES string of the molecule is Cn1nc(C2CC2)cc1OCc1c(S(C)(=O)=O)ccc(C(=O)c2c(C3CC3)[nH]n(C)c2=O)c1Cl. The van der Waals surface area contributed by atoms with Gasteiger partial charge in [0.05, 0.1) is 21.3 Å². The molecule has 0 unspecified atom stereocenters. The molecule has 0 atom stereocenters. The van der Waals surface area contributed by atoms with Gasteiger partial charge in [-0.15, -0.1) is 0 Å². The van der Waals surface area contributed by atoms with Crippen molar-refractivity contribution < 1.29 is 17.9 Å². The summed E-state index contributed by atoms with van der Waals surface area (Å²) in [4.78, 5) is 26.1. The molecule has 34 heavy (non-hydrogen) atoms. The van der Waals surface area contributed by atoms with E-state index in [1.165, 1.54) is 16.8 Å². The maximum Gasteiger partial charge on any atom is 0.277 e. The molecule has 2 heterocycles. The highest BCUT2D eigenvalue weighted by atomic mass is 35.5. The molecule has 2 fully saturated rings. The molecular formula is C23H25ClN4O5S. The van der Waals surface area contributed by atoms with Gasteiger partial charge in [0.1, 0.15) is 12.2 Å². The molecule has 2 aromatic heterocycles. The van der Waals surface area contributed by atoms with Crippen molar-refractivity contribution in [3.05, 3.63) is 61.7 Å². The summed E-state index contributed by atoms with van der Waals surface area (Å²) in [5, 5.41) is 7.39. The van der Waals surface area contributed by atoms with E-state index in [-0.39, 0.29) is 39.1 Å². The van der Waals surface area contributed by atoms with Crippen LogP contribution in [0, 0.1) is 0 Å². The topological polar surface area (TPSA) is 116 Å². The molecule has 1 N–H and O–H groups in total. The minimum Gasteiger partial charge on any atom is -0.473 e. The molecule has 180 valence electrons. The minimum absolute atomic E-state index is 0.0250. The van der Waals surface area contributed by atoms with Gasteiger partial charge < -0.3 is 4.74 Å². The van der Waals surface area contributed by atoms with Gasteiger partial charge in [-0.25, -0.2) is 13.1 Å². The zero-order valence-corrected chi connectivity index (χ0v) is 20.7. The Hall–Kier alpha value is -2.85. The maximum absolute atomic E-state index is 13.5. The van der Waals surface area contributed by atoms with Crippen LogP contribution in [0.3, 0.4) is 0 Å². The predicted molar refractivity (Wildman–Crippen MR) is 126 cm³/mol. The molecule has 11 heteroatoms. The van der Waals surface area contributed by atoms with Gasteiger partial charge in [0, 0.05) is 49.4 Å². The van der Waals surface area contributed by atoms with Gasteiger partial charge in [0.2, 0.25) is 11.7 Å². The van der Waals surface area contributed by atoms with Gasteiger partial charge in [0.15, 0.2) is 9.84 Å². The number of nitrogens with one attached hydrogen (secondary N) is 1. The Balaban J connectivity index is 1.54. The summed E-state index contributed by atoms with van der Waals surface area (Å²) in [6.45, 7) is -0.174. The number of aromatic amines is 1. The molecule has 9 nitrogen and oxygen atoms in total. The van der Waals surface area contributed by atoms with Crippen LogP contribution in [0.4, 0.5) is 0 Å². The molecule has 0 aliphatic heterocycles. The summed E-state index contributed by atoms with van der Waals surface area (Å²) in [7, 11) is -0.352. The van der Waals surface area contributed by atoms with Gasteiger partial charge in [-0.05, 0) is 37.8 Å². The smallest absolute Gasteiger partial charge is 0.277 e. The van der Waals surface area contributed by atoms with Crippen molar-refractivity contribution in [1.29, 1.82) is 0 Å². The number of carbonyl (C=O) groups excluding carboxylic acids is 1. The van der Waals surface area contributed by atoms with E-state index in [1.54, 1.807) is 18.8 Å². The van der Waals surface area contributed by atoms with E-state index in [9.17, 15) is 18.0 Å². The highest BCUT2D eigenvalue weighted by Gasteiger charge is 2.34. The second-order valence-electron chi connectivity index (χ2n) is 9.14. The van der Waals surface area contributed by atoms with Crippen LogP contribution in [0.15, 0.2) is 27.9 Å². The third-order valence-electron chi connectivity index (χ3n) is 6.35. The third-order valence-corrected chi connectivity index (χ3v) is 7.96. The number of nitrogens with zero attached hydrogens (tertiary/aromatic N) is 3. The van der Waals surface area contributed by atoms with Crippen LogP contribution in [0.25, 0.3) is 0 Å². The lowest BCUT2D eigenvalue weighted by Crippen LogP contribution is -2.20. The molecule has 5 rings (SSSR count). The summed E-state index contributed by atoms with van der Waals surface area (Å²) < 4.78 is 33.7. The lowest BCUT2D eigenvalue weighted by Gasteiger charge is -2.14. The van der Waals surface area contributed by atoms with Crippen molar-refractivity contribution in [2.24, 2.45) is 14.1 Å². The van der Waals surface area contributed by atoms with Crippen molar-refractivity contribution in [2.75, 3.05) is 6.26 Å². The van der Waals surface area contributed by atoms with Gasteiger partial charge >= 0.3 is 0 Å². The quantitative estimate of drug-likeness (QED) is 0.471. The van der Waals surface area contributed by atoms with Crippen molar-refractivity contribution in [3.63, 3.8) is 0 Å². The summed E-state index contributed by atoms with van der Waals surface area (Å²) in [5.41, 5.74) is 1.38. The first-order chi connectivity index (χ1) is 16.1. The molecule has 0 radical (unpaired) electrons. The molecule has 0 amide bonds. The van der Waals surface area contributed by atoms with Crippen molar-refractivity contribution in [3.8, 4) is 5.88 Å². The number of hydrogen-bond donors (Lipinski definition) is 1. The first-order valence-corrected chi connectivity index (χ1v) is 13.3. The van der Waals surface area contributed by atoms with E-state index < -0.39 is 21.2 Å². The van der Waals surface area contributed by atoms with E-state index in [1.807, 2.05) is 6.07 Å². The fourth-order valence-electron chi connectivity index (χ4n) is 4.18. The Morgan fingerprint density at radius 1 is 1.21 bits per heavy atom. The van der Waals surface area contributed by atoms with Crippen LogP contribution in [0.2, 0.25) is 5.02 Å². The number of rotatable bonds is 8.